The molecule has 4 amide bonds. The molecule has 3 aliphatic heterocycles. The Morgan fingerprint density at radius 1 is 0.861 bits per heavy atom. The molecule has 5 fully saturated rings. The molecule has 7 aliphatic rings. The third-order valence-corrected chi connectivity index (χ3v) is 21.6. The third-order valence-electron chi connectivity index (χ3n) is 19.8. The van der Waals surface area contributed by atoms with Gasteiger partial charge >= 0.3 is 18.0 Å². The lowest BCUT2D eigenvalue weighted by molar-refractivity contribution is -0.271. The van der Waals surface area contributed by atoms with E-state index in [9.17, 15) is 67.3 Å². The second-order valence-corrected chi connectivity index (χ2v) is 30.6. The van der Waals surface area contributed by atoms with Gasteiger partial charge in [0, 0.05) is 98.9 Å². The zero-order valence-electron chi connectivity index (χ0n) is 56.2. The molecular weight excluding hydrogens is 1350 g/mol. The molecule has 4 aliphatic carbocycles. The van der Waals surface area contributed by atoms with Crippen molar-refractivity contribution in [2.45, 2.75) is 135 Å². The highest BCUT2D eigenvalue weighted by molar-refractivity contribution is 7.85. The van der Waals surface area contributed by atoms with Gasteiger partial charge in [-0.1, -0.05) is 55.5 Å². The lowest BCUT2D eigenvalue weighted by Crippen LogP contribution is -2.64. The van der Waals surface area contributed by atoms with E-state index >= 15 is 0 Å². The van der Waals surface area contributed by atoms with E-state index in [4.69, 9.17) is 38.5 Å². The normalized spacial score (nSPS) is 25.1. The van der Waals surface area contributed by atoms with Crippen LogP contribution in [0.3, 0.4) is 0 Å². The monoisotopic (exact) mass is 1430 g/mol. The van der Waals surface area contributed by atoms with Crippen molar-refractivity contribution in [3.63, 3.8) is 0 Å². The van der Waals surface area contributed by atoms with Crippen molar-refractivity contribution in [1.29, 1.82) is 0 Å². The largest absolute Gasteiger partial charge is 0.491 e. The molecule has 4 saturated carbocycles. The Labute approximate surface area is 586 Å². The molecule has 0 radical (unpaired) electrons. The molecule has 3 aromatic carbocycles. The number of aliphatic hydroxyl groups is 3. The second-order valence-electron chi connectivity index (χ2n) is 28.0. The van der Waals surface area contributed by atoms with Crippen LogP contribution in [0.25, 0.3) is 21.3 Å². The number of carbonyl (C=O) groups excluding carboxylic acids is 4. The molecule has 8 N–H and O–H groups in total. The van der Waals surface area contributed by atoms with E-state index in [0.717, 1.165) is 59.1 Å². The van der Waals surface area contributed by atoms with Gasteiger partial charge in [-0.2, -0.15) is 13.5 Å². The van der Waals surface area contributed by atoms with Crippen LogP contribution in [0.4, 0.5) is 15.7 Å². The van der Waals surface area contributed by atoms with Crippen molar-refractivity contribution in [3.8, 4) is 22.6 Å². The summed E-state index contributed by atoms with van der Waals surface area (Å²) in [6, 6.07) is 21.1. The van der Waals surface area contributed by atoms with Gasteiger partial charge in [0.25, 0.3) is 16.0 Å². The number of carbonyl (C=O) groups is 6. The number of anilines is 2. The number of fused-ring (bicyclic) bond motifs is 2. The van der Waals surface area contributed by atoms with Gasteiger partial charge in [-0.25, -0.2) is 24.4 Å². The molecule has 2 unspecified atom stereocenters. The predicted molar refractivity (Wildman–Crippen MR) is 365 cm³/mol. The summed E-state index contributed by atoms with van der Waals surface area (Å²) in [5.74, 6) is -3.71. The number of pyridine rings is 1. The average molecular weight is 1430 g/mol. The number of hydrogen-bond donors (Lipinski definition) is 8. The van der Waals surface area contributed by atoms with Crippen LogP contribution in [-0.2, 0) is 69.6 Å². The van der Waals surface area contributed by atoms with Crippen molar-refractivity contribution in [2.75, 3.05) is 81.7 Å². The second kappa shape index (κ2) is 29.7. The van der Waals surface area contributed by atoms with Crippen LogP contribution < -0.4 is 25.0 Å². The topological polar surface area (TPSA) is 391 Å². The number of carboxylic acid groups (broad SMARTS) is 2. The number of amides is 4. The Morgan fingerprint density at radius 3 is 2.40 bits per heavy atom. The number of nitrogens with one attached hydrogen (secondary N) is 2. The summed E-state index contributed by atoms with van der Waals surface area (Å²) in [5, 5.41) is 63.0. The lowest BCUT2D eigenvalue weighted by Gasteiger charge is -2.69. The fraction of sp³-hybridized carbons (Fsp3) is 0.500. The summed E-state index contributed by atoms with van der Waals surface area (Å²) in [6.07, 6.45) is -0.0726. The van der Waals surface area contributed by atoms with Gasteiger partial charge in [0.2, 0.25) is 18.1 Å². The number of ether oxygens (including phenoxy) is 6. The van der Waals surface area contributed by atoms with Crippen molar-refractivity contribution < 1.29 is 95.7 Å². The predicted octanol–water partition coefficient (Wildman–Crippen LogP) is 6.00. The maximum absolute atomic E-state index is 14.3. The molecule has 31 heteroatoms. The van der Waals surface area contributed by atoms with E-state index in [2.05, 4.69) is 29.5 Å². The van der Waals surface area contributed by atoms with Crippen molar-refractivity contribution in [2.24, 2.45) is 16.2 Å². The van der Waals surface area contributed by atoms with E-state index in [0.29, 0.717) is 66.7 Å². The Kier molecular flexibility index (Phi) is 21.2. The molecule has 1 saturated heterocycles. The molecule has 29 nitrogen and oxygen atoms in total. The van der Waals surface area contributed by atoms with Gasteiger partial charge in [0.15, 0.2) is 16.9 Å². The number of thiazole rings is 1. The molecule has 6 heterocycles. The first-order chi connectivity index (χ1) is 48.2. The molecule has 540 valence electrons. The Morgan fingerprint density at radius 2 is 1.65 bits per heavy atom. The molecule has 4 bridgehead atoms. The standard InChI is InChI=1S/C70H83N9O20S2/c1-42-48(46-16-17-53(74-56(46)62(86)87)78-23-18-43-9-6-10-47(49(43)33-78)61(85)75-65-73-50-11-4-5-12-52(50)100-65)32-72-79(42)41-69-36-67(2)35-68(3,37-69)39-70(38-67,40-69)97-27-25-77(22-8-30-101(91,92)93)66(90)96-34-44-14-15-45(98-64-59(84)57(82)58(83)60(99-64)63(88)89)31-51(44)95-29-28-94-26-20-71-54(80)19-24-76-21-7-13-55(76)81/h4-7,9-17,31-32,57-60,64,82-84H,8,18-30,33-41H2,1-3H3,(H,71,80)(H,86,87)(H,88,89)(H,73,75,85)(H,91,92,93)/t57-,58-,59+,60-,64+,67?,68?,69?,70?/m0/s1. The number of carboxylic acids is 2. The lowest BCUT2D eigenvalue weighted by atomic mass is 9.39. The van der Waals surface area contributed by atoms with Gasteiger partial charge < -0.3 is 74.0 Å². The van der Waals surface area contributed by atoms with Gasteiger partial charge in [-0.05, 0) is 128 Å². The van der Waals surface area contributed by atoms with Gasteiger partial charge in [-0.15, -0.1) is 0 Å². The minimum atomic E-state index is -4.42. The van der Waals surface area contributed by atoms with E-state index in [1.54, 1.807) is 29.3 Å². The van der Waals surface area contributed by atoms with Gasteiger partial charge in [0.1, 0.15) is 48.8 Å². The highest BCUT2D eigenvalue weighted by Crippen LogP contribution is 2.72. The zero-order chi connectivity index (χ0) is 71.6. The molecule has 6 aromatic rings. The van der Waals surface area contributed by atoms with Crippen molar-refractivity contribution >= 4 is 78.4 Å². The highest BCUT2D eigenvalue weighted by Gasteiger charge is 2.66. The summed E-state index contributed by atoms with van der Waals surface area (Å²) in [5.41, 5.74) is 3.87. The van der Waals surface area contributed by atoms with Crippen LogP contribution in [0.15, 0.2) is 91.1 Å². The van der Waals surface area contributed by atoms with Crippen LogP contribution in [0.2, 0.25) is 0 Å². The average Bonchev–Trinajstić information content (AvgIpc) is 0.975. The number of para-hydroxylation sites is 1. The summed E-state index contributed by atoms with van der Waals surface area (Å²) in [4.78, 5) is 91.6. The molecule has 7 atom stereocenters. The smallest absolute Gasteiger partial charge is 0.410 e. The van der Waals surface area contributed by atoms with E-state index in [1.165, 1.54) is 40.5 Å². The van der Waals surface area contributed by atoms with E-state index in [1.807, 2.05) is 59.0 Å². The summed E-state index contributed by atoms with van der Waals surface area (Å²) in [7, 11) is -4.42. The van der Waals surface area contributed by atoms with Crippen LogP contribution in [-0.4, -0.2) is 212 Å². The first-order valence-electron chi connectivity index (χ1n) is 33.6. The Bertz CT molecular complexity index is 4230. The van der Waals surface area contributed by atoms with Crippen LogP contribution in [0.5, 0.6) is 11.5 Å². The fourth-order valence-electron chi connectivity index (χ4n) is 16.5. The third kappa shape index (κ3) is 16.6. The number of benzene rings is 3. The molecule has 13 rings (SSSR count). The minimum Gasteiger partial charge on any atom is -0.491 e. The van der Waals surface area contributed by atoms with Crippen LogP contribution in [0.1, 0.15) is 108 Å². The summed E-state index contributed by atoms with van der Waals surface area (Å²) < 4.78 is 72.4. The SMILES string of the molecule is Cc1c(-c2ccc(N3CCc4cccc(C(=O)Nc5nc6ccccc6s5)c4C3)nc2C(=O)O)cnn1CC12CC3(C)CC(C)(C1)CC(OCCN(CCCS(=O)(=O)O)C(=O)OCc1ccc(O[C@@H]4O[C@H](C(=O)O)[C@@H](O)[C@H](O)[C@H]4O)cc1OCCOCCNC(=O)CCN1CC=CC1=O)(C3)C2. The maximum atomic E-state index is 14.3. The number of aliphatic hydroxyl groups excluding tert-OH is 3. The fourth-order valence-corrected chi connectivity index (χ4v) is 17.8. The van der Waals surface area contributed by atoms with E-state index < -0.39 is 76.8 Å². The number of hydrogen-bond acceptors (Lipinski definition) is 22. The number of aliphatic carboxylic acids is 1. The first-order valence-corrected chi connectivity index (χ1v) is 36.0. The van der Waals surface area contributed by atoms with Crippen molar-refractivity contribution in [1.82, 2.24) is 34.9 Å². The zero-order valence-corrected chi connectivity index (χ0v) is 57.8. The number of aromatic nitrogens is 4. The minimum absolute atomic E-state index is 0.00428. The van der Waals surface area contributed by atoms with Crippen LogP contribution in [0, 0.1) is 23.2 Å². The van der Waals surface area contributed by atoms with E-state index in [-0.39, 0.29) is 122 Å². The highest BCUT2D eigenvalue weighted by atomic mass is 32.2. The molecule has 3 aromatic heterocycles. The van der Waals surface area contributed by atoms with Gasteiger partial charge in [0.05, 0.1) is 47.6 Å². The first kappa shape index (κ1) is 72.1. The summed E-state index contributed by atoms with van der Waals surface area (Å²) >= 11 is 1.39. The Balaban J connectivity index is 0.702. The quantitative estimate of drug-likeness (QED) is 0.0189. The Hall–Kier alpha value is -8.66. The molecule has 101 heavy (non-hydrogen) atoms. The van der Waals surface area contributed by atoms with Crippen molar-refractivity contribution in [3.05, 3.63) is 125 Å². The molecular formula is C70H83N9O20S2. The number of aromatic carboxylic acids is 1. The number of rotatable bonds is 30. The molecule has 0 spiro atoms. The maximum Gasteiger partial charge on any atom is 0.410 e. The summed E-state index contributed by atoms with van der Waals surface area (Å²) in [6.45, 7) is 8.17. The van der Waals surface area contributed by atoms with Gasteiger partial charge in [-0.3, -0.25) is 28.9 Å². The van der Waals surface area contributed by atoms with Crippen LogP contribution >= 0.6 is 11.3 Å². The number of nitrogens with zero attached hydrogens (tertiary/aromatic N) is 7.